The van der Waals surface area contributed by atoms with E-state index in [1.54, 1.807) is 18.2 Å². The molecule has 2 N–H and O–H groups in total. The number of aryl methyl sites for hydroxylation is 1. The van der Waals surface area contributed by atoms with Crippen LogP contribution in [0.1, 0.15) is 55.5 Å². The number of phenols is 1. The predicted molar refractivity (Wildman–Crippen MR) is 80.9 cm³/mol. The number of carbonyl (C=O) groups excluding carboxylic acids is 1. The van der Waals surface area contributed by atoms with Crippen LogP contribution < -0.4 is 5.32 Å². The molecule has 1 aromatic rings. The standard InChI is InChI=1S/C17H25NO2/c1-11(2)14-6-4-5-7-16(14)18-17(20)15-9-8-13(19)10-12(15)3/h8-11,14,16,19H,4-7H2,1-3H3,(H,18,20). The Kier molecular flexibility index (Phi) is 4.69. The van der Waals surface area contributed by atoms with Gasteiger partial charge in [0.25, 0.3) is 5.91 Å². The Hall–Kier alpha value is -1.51. The van der Waals surface area contributed by atoms with Crippen LogP contribution in [0.25, 0.3) is 0 Å². The number of hydrogen-bond donors (Lipinski definition) is 2. The number of aromatic hydroxyl groups is 1. The molecule has 0 spiro atoms. The van der Waals surface area contributed by atoms with Crippen molar-refractivity contribution in [3.05, 3.63) is 29.3 Å². The third-order valence-corrected chi connectivity index (χ3v) is 4.45. The third-order valence-electron chi connectivity index (χ3n) is 4.45. The maximum atomic E-state index is 12.4. The van der Waals surface area contributed by atoms with Crippen molar-refractivity contribution >= 4 is 5.91 Å². The summed E-state index contributed by atoms with van der Waals surface area (Å²) in [6, 6.07) is 5.19. The minimum absolute atomic E-state index is 0.0138. The summed E-state index contributed by atoms with van der Waals surface area (Å²) in [5.74, 6) is 1.36. The first kappa shape index (κ1) is 14.9. The zero-order valence-electron chi connectivity index (χ0n) is 12.6. The van der Waals surface area contributed by atoms with Crippen LogP contribution in [0.5, 0.6) is 5.75 Å². The maximum absolute atomic E-state index is 12.4. The molecule has 2 rings (SSSR count). The summed E-state index contributed by atoms with van der Waals surface area (Å²) >= 11 is 0. The topological polar surface area (TPSA) is 49.3 Å². The minimum atomic E-state index is -0.0138. The van der Waals surface area contributed by atoms with Gasteiger partial charge in [0.1, 0.15) is 5.75 Å². The van der Waals surface area contributed by atoms with Gasteiger partial charge in [-0.3, -0.25) is 4.79 Å². The van der Waals surface area contributed by atoms with Crippen LogP contribution in [0.2, 0.25) is 0 Å². The lowest BCUT2D eigenvalue weighted by Crippen LogP contribution is -2.44. The largest absolute Gasteiger partial charge is 0.508 e. The van der Waals surface area contributed by atoms with Gasteiger partial charge in [0.2, 0.25) is 0 Å². The molecule has 0 saturated heterocycles. The zero-order valence-corrected chi connectivity index (χ0v) is 12.6. The van der Waals surface area contributed by atoms with E-state index in [9.17, 15) is 9.90 Å². The number of benzene rings is 1. The molecule has 110 valence electrons. The number of rotatable bonds is 3. The Morgan fingerprint density at radius 1 is 1.30 bits per heavy atom. The van der Waals surface area contributed by atoms with E-state index in [4.69, 9.17) is 0 Å². The minimum Gasteiger partial charge on any atom is -0.508 e. The highest BCUT2D eigenvalue weighted by Crippen LogP contribution is 2.30. The predicted octanol–water partition coefficient (Wildman–Crippen LogP) is 3.65. The van der Waals surface area contributed by atoms with Crippen molar-refractivity contribution in [2.24, 2.45) is 11.8 Å². The van der Waals surface area contributed by atoms with Crippen molar-refractivity contribution in [2.75, 3.05) is 0 Å². The zero-order chi connectivity index (χ0) is 14.7. The van der Waals surface area contributed by atoms with Gasteiger partial charge in [-0.05, 0) is 55.4 Å². The SMILES string of the molecule is Cc1cc(O)ccc1C(=O)NC1CCCCC1C(C)C. The molecule has 20 heavy (non-hydrogen) atoms. The first-order valence-electron chi connectivity index (χ1n) is 7.59. The quantitative estimate of drug-likeness (QED) is 0.884. The molecule has 3 nitrogen and oxygen atoms in total. The molecular formula is C17H25NO2. The highest BCUT2D eigenvalue weighted by Gasteiger charge is 2.29. The van der Waals surface area contributed by atoms with Crippen molar-refractivity contribution in [1.82, 2.24) is 5.32 Å². The maximum Gasteiger partial charge on any atom is 0.251 e. The number of carbonyl (C=O) groups is 1. The van der Waals surface area contributed by atoms with E-state index < -0.39 is 0 Å². The van der Waals surface area contributed by atoms with Crippen LogP contribution >= 0.6 is 0 Å². The van der Waals surface area contributed by atoms with E-state index in [-0.39, 0.29) is 17.7 Å². The summed E-state index contributed by atoms with van der Waals surface area (Å²) < 4.78 is 0. The van der Waals surface area contributed by atoms with Crippen LogP contribution in [0.3, 0.4) is 0 Å². The Morgan fingerprint density at radius 2 is 2.00 bits per heavy atom. The van der Waals surface area contributed by atoms with Crippen LogP contribution in [0.4, 0.5) is 0 Å². The summed E-state index contributed by atoms with van der Waals surface area (Å²) in [7, 11) is 0. The van der Waals surface area contributed by atoms with E-state index >= 15 is 0 Å². The van der Waals surface area contributed by atoms with Gasteiger partial charge in [0, 0.05) is 11.6 Å². The molecule has 0 aliphatic heterocycles. The fourth-order valence-electron chi connectivity index (χ4n) is 3.29. The van der Waals surface area contributed by atoms with E-state index in [1.807, 2.05) is 6.92 Å². The Balaban J connectivity index is 2.09. The summed E-state index contributed by atoms with van der Waals surface area (Å²) in [5.41, 5.74) is 1.48. The highest BCUT2D eigenvalue weighted by atomic mass is 16.3. The molecule has 3 heteroatoms. The number of phenolic OH excluding ortho intramolecular Hbond substituents is 1. The van der Waals surface area contributed by atoms with E-state index in [2.05, 4.69) is 19.2 Å². The lowest BCUT2D eigenvalue weighted by Gasteiger charge is -2.35. The van der Waals surface area contributed by atoms with Crippen molar-refractivity contribution in [2.45, 2.75) is 52.5 Å². The van der Waals surface area contributed by atoms with Crippen molar-refractivity contribution in [1.29, 1.82) is 0 Å². The van der Waals surface area contributed by atoms with E-state index in [0.717, 1.165) is 12.0 Å². The summed E-state index contributed by atoms with van der Waals surface area (Å²) in [6.45, 7) is 6.33. The average Bonchev–Trinajstić information content (AvgIpc) is 2.38. The van der Waals surface area contributed by atoms with Crippen LogP contribution in [0.15, 0.2) is 18.2 Å². The molecule has 1 fully saturated rings. The second-order valence-corrected chi connectivity index (χ2v) is 6.27. The van der Waals surface area contributed by atoms with Crippen molar-refractivity contribution in [3.8, 4) is 5.75 Å². The van der Waals surface area contributed by atoms with Crippen molar-refractivity contribution in [3.63, 3.8) is 0 Å². The van der Waals surface area contributed by atoms with Gasteiger partial charge in [-0.2, -0.15) is 0 Å². The van der Waals surface area contributed by atoms with E-state index in [0.29, 0.717) is 17.4 Å². The first-order chi connectivity index (χ1) is 9.49. The fraction of sp³-hybridized carbons (Fsp3) is 0.588. The van der Waals surface area contributed by atoms with E-state index in [1.165, 1.54) is 19.3 Å². The van der Waals surface area contributed by atoms with Crippen LogP contribution in [-0.4, -0.2) is 17.1 Å². The highest BCUT2D eigenvalue weighted by molar-refractivity contribution is 5.96. The number of nitrogens with one attached hydrogen (secondary N) is 1. The molecule has 1 aliphatic carbocycles. The molecule has 0 radical (unpaired) electrons. The fourth-order valence-corrected chi connectivity index (χ4v) is 3.29. The lowest BCUT2D eigenvalue weighted by atomic mass is 9.77. The summed E-state index contributed by atoms with van der Waals surface area (Å²) in [4.78, 5) is 12.4. The molecule has 1 amide bonds. The second kappa shape index (κ2) is 6.29. The molecule has 1 saturated carbocycles. The Labute approximate surface area is 121 Å². The summed E-state index contributed by atoms with van der Waals surface area (Å²) in [5, 5.41) is 12.6. The lowest BCUT2D eigenvalue weighted by molar-refractivity contribution is 0.0888. The Morgan fingerprint density at radius 3 is 2.65 bits per heavy atom. The summed E-state index contributed by atoms with van der Waals surface area (Å²) in [6.07, 6.45) is 4.75. The molecule has 2 atom stereocenters. The van der Waals surface area contributed by atoms with Gasteiger partial charge in [-0.1, -0.05) is 26.7 Å². The van der Waals surface area contributed by atoms with Crippen LogP contribution in [0, 0.1) is 18.8 Å². The van der Waals surface area contributed by atoms with Crippen LogP contribution in [-0.2, 0) is 0 Å². The van der Waals surface area contributed by atoms with Gasteiger partial charge in [0.15, 0.2) is 0 Å². The van der Waals surface area contributed by atoms with Gasteiger partial charge in [0.05, 0.1) is 0 Å². The molecule has 0 heterocycles. The average molecular weight is 275 g/mol. The first-order valence-corrected chi connectivity index (χ1v) is 7.59. The monoisotopic (exact) mass is 275 g/mol. The second-order valence-electron chi connectivity index (χ2n) is 6.27. The molecule has 2 unspecified atom stereocenters. The number of hydrogen-bond acceptors (Lipinski definition) is 2. The smallest absolute Gasteiger partial charge is 0.251 e. The van der Waals surface area contributed by atoms with Gasteiger partial charge in [-0.15, -0.1) is 0 Å². The Bertz CT molecular complexity index is 482. The molecule has 1 aliphatic rings. The molecular weight excluding hydrogens is 250 g/mol. The molecule has 1 aromatic carbocycles. The van der Waals surface area contributed by atoms with Gasteiger partial charge in [-0.25, -0.2) is 0 Å². The van der Waals surface area contributed by atoms with Gasteiger partial charge >= 0.3 is 0 Å². The van der Waals surface area contributed by atoms with Gasteiger partial charge < -0.3 is 10.4 Å². The normalized spacial score (nSPS) is 22.8. The molecule has 0 bridgehead atoms. The molecule has 0 aromatic heterocycles. The van der Waals surface area contributed by atoms with Crippen molar-refractivity contribution < 1.29 is 9.90 Å². The third kappa shape index (κ3) is 3.33. The number of amides is 1.